The maximum absolute atomic E-state index is 12.4. The number of anilines is 1. The highest BCUT2D eigenvalue weighted by Crippen LogP contribution is 2.48. The minimum Gasteiger partial charge on any atom is -0.456 e. The van der Waals surface area contributed by atoms with Gasteiger partial charge in [-0.05, 0) is 24.3 Å². The lowest BCUT2D eigenvalue weighted by Crippen LogP contribution is -2.54. The maximum Gasteiger partial charge on any atom is 0.323 e. The SMILES string of the molecule is CN(C(=O)Nc1ccc(Oc2ccccc2Cl)cc1Cl)C(O)C(Cl)(Cl)C(Cl)(Cl)Cl. The predicted octanol–water partition coefficient (Wildman–Crippen LogP) is 7.11. The lowest BCUT2D eigenvalue weighted by atomic mass is 10.3. The number of aliphatic hydroxyl groups is 1. The van der Waals surface area contributed by atoms with E-state index in [0.29, 0.717) is 16.5 Å². The van der Waals surface area contributed by atoms with Gasteiger partial charge in [-0.3, -0.25) is 4.90 Å². The monoisotopic (exact) mass is 538 g/mol. The molecule has 0 aliphatic rings. The summed E-state index contributed by atoms with van der Waals surface area (Å²) in [5.74, 6) is 0.836. The first-order chi connectivity index (χ1) is 13.3. The molecule has 1 atom stereocenters. The quantitative estimate of drug-likeness (QED) is 0.313. The summed E-state index contributed by atoms with van der Waals surface area (Å²) in [5, 5.41) is 13.3. The van der Waals surface area contributed by atoms with Crippen molar-refractivity contribution in [2.45, 2.75) is 14.4 Å². The third kappa shape index (κ3) is 6.02. The molecule has 29 heavy (non-hydrogen) atoms. The fourth-order valence-corrected chi connectivity index (χ4v) is 3.00. The van der Waals surface area contributed by atoms with E-state index in [0.717, 1.165) is 4.90 Å². The smallest absolute Gasteiger partial charge is 0.323 e. The van der Waals surface area contributed by atoms with Gasteiger partial charge in [0.15, 0.2) is 6.23 Å². The molecule has 12 heteroatoms. The van der Waals surface area contributed by atoms with Crippen molar-refractivity contribution < 1.29 is 14.6 Å². The van der Waals surface area contributed by atoms with Crippen LogP contribution in [0, 0.1) is 0 Å². The summed E-state index contributed by atoms with van der Waals surface area (Å²) in [6.45, 7) is 0. The molecule has 5 nitrogen and oxygen atoms in total. The lowest BCUT2D eigenvalue weighted by Gasteiger charge is -2.36. The van der Waals surface area contributed by atoms with Gasteiger partial charge >= 0.3 is 6.03 Å². The Morgan fingerprint density at radius 2 is 1.69 bits per heavy atom. The molecule has 0 aromatic heterocycles. The number of carbonyl (C=O) groups is 1. The number of ether oxygens (including phenoxy) is 1. The van der Waals surface area contributed by atoms with Crippen LogP contribution in [0.1, 0.15) is 0 Å². The Balaban J connectivity index is 2.12. The summed E-state index contributed by atoms with van der Waals surface area (Å²) in [7, 11) is 1.21. The minimum atomic E-state index is -2.29. The zero-order valence-electron chi connectivity index (χ0n) is 14.5. The minimum absolute atomic E-state index is 0.162. The van der Waals surface area contributed by atoms with Gasteiger partial charge in [0, 0.05) is 13.1 Å². The van der Waals surface area contributed by atoms with Gasteiger partial charge in [0.25, 0.3) is 0 Å². The Morgan fingerprint density at radius 3 is 2.24 bits per heavy atom. The molecule has 0 saturated heterocycles. The van der Waals surface area contributed by atoms with Crippen LogP contribution in [0.3, 0.4) is 0 Å². The zero-order chi connectivity index (χ0) is 22.0. The van der Waals surface area contributed by atoms with E-state index in [9.17, 15) is 9.90 Å². The first-order valence-electron chi connectivity index (χ1n) is 7.73. The van der Waals surface area contributed by atoms with Crippen LogP contribution in [0.2, 0.25) is 10.0 Å². The van der Waals surface area contributed by atoms with Gasteiger partial charge in [-0.15, -0.1) is 0 Å². The molecule has 2 aromatic rings. The standard InChI is InChI=1S/C17H13Cl7N2O3/c1-26(14(27)16(20,21)17(22,23)24)15(28)25-12-7-6-9(8-11(12)19)29-13-5-3-2-4-10(13)18/h2-8,14,27H,1H3,(H,25,28). The number of aliphatic hydroxyl groups excluding tert-OH is 1. The van der Waals surface area contributed by atoms with Crippen molar-refractivity contribution in [3.05, 3.63) is 52.5 Å². The molecule has 2 aromatic carbocycles. The first kappa shape index (κ1) is 24.8. The van der Waals surface area contributed by atoms with E-state index in [1.165, 1.54) is 19.2 Å². The van der Waals surface area contributed by atoms with E-state index in [2.05, 4.69) is 5.32 Å². The molecule has 1 unspecified atom stereocenters. The second-order valence-corrected chi connectivity index (χ2v) is 10.2. The molecule has 2 N–H and O–H groups in total. The summed E-state index contributed by atoms with van der Waals surface area (Å²) < 4.78 is 1.10. The number of benzene rings is 2. The Labute approximate surface area is 202 Å². The lowest BCUT2D eigenvalue weighted by molar-refractivity contribution is 0.0383. The summed E-state index contributed by atoms with van der Waals surface area (Å²) in [6, 6.07) is 10.6. The number of urea groups is 1. The summed E-state index contributed by atoms with van der Waals surface area (Å²) in [6.07, 6.45) is -1.85. The first-order valence-corrected chi connectivity index (χ1v) is 10.4. The van der Waals surface area contributed by atoms with Crippen molar-refractivity contribution in [2.24, 2.45) is 0 Å². The van der Waals surface area contributed by atoms with Crippen LogP contribution in [0.15, 0.2) is 42.5 Å². The number of rotatable bonds is 5. The Kier molecular flexibility index (Phi) is 8.33. The topological polar surface area (TPSA) is 61.8 Å². The van der Waals surface area contributed by atoms with Crippen LogP contribution >= 0.6 is 81.2 Å². The second kappa shape index (κ2) is 9.75. The Bertz CT molecular complexity index is 890. The molecule has 2 amide bonds. The molecule has 0 aliphatic heterocycles. The van der Waals surface area contributed by atoms with Crippen molar-refractivity contribution >= 4 is 92.9 Å². The van der Waals surface area contributed by atoms with E-state index in [-0.39, 0.29) is 10.7 Å². The van der Waals surface area contributed by atoms with Gasteiger partial charge in [0.1, 0.15) is 11.5 Å². The van der Waals surface area contributed by atoms with Gasteiger partial charge in [0.05, 0.1) is 15.7 Å². The summed E-state index contributed by atoms with van der Waals surface area (Å²) in [5.41, 5.74) is 0.228. The van der Waals surface area contributed by atoms with Crippen LogP contribution in [-0.2, 0) is 0 Å². The number of nitrogens with zero attached hydrogens (tertiary/aromatic N) is 1. The van der Waals surface area contributed by atoms with Crippen molar-refractivity contribution in [3.63, 3.8) is 0 Å². The van der Waals surface area contributed by atoms with Crippen LogP contribution in [0.5, 0.6) is 11.5 Å². The molecule has 0 saturated carbocycles. The average Bonchev–Trinajstić information content (AvgIpc) is 2.63. The van der Waals surface area contributed by atoms with Crippen LogP contribution in [0.25, 0.3) is 0 Å². The number of hydrogen-bond acceptors (Lipinski definition) is 3. The van der Waals surface area contributed by atoms with E-state index in [1.807, 2.05) is 0 Å². The van der Waals surface area contributed by atoms with Gasteiger partial charge in [-0.2, -0.15) is 0 Å². The molecular weight excluding hydrogens is 528 g/mol. The number of nitrogens with one attached hydrogen (secondary N) is 1. The van der Waals surface area contributed by atoms with Gasteiger partial charge < -0.3 is 15.2 Å². The third-order valence-electron chi connectivity index (χ3n) is 3.64. The van der Waals surface area contributed by atoms with Crippen molar-refractivity contribution in [3.8, 4) is 11.5 Å². The zero-order valence-corrected chi connectivity index (χ0v) is 19.8. The molecule has 0 heterocycles. The third-order valence-corrected chi connectivity index (χ3v) is 6.69. The van der Waals surface area contributed by atoms with Gasteiger partial charge in [-0.25, -0.2) is 4.79 Å². The van der Waals surface area contributed by atoms with Crippen LogP contribution in [-0.4, -0.2) is 37.4 Å². The highest BCUT2D eigenvalue weighted by atomic mass is 35.6. The van der Waals surface area contributed by atoms with Crippen molar-refractivity contribution in [1.82, 2.24) is 4.90 Å². The van der Waals surface area contributed by atoms with Crippen molar-refractivity contribution in [1.29, 1.82) is 0 Å². The van der Waals surface area contributed by atoms with Crippen LogP contribution < -0.4 is 10.1 Å². The summed E-state index contributed by atoms with van der Waals surface area (Å²) in [4.78, 5) is 13.2. The van der Waals surface area contributed by atoms with Crippen LogP contribution in [0.4, 0.5) is 10.5 Å². The van der Waals surface area contributed by atoms with E-state index < -0.39 is 20.4 Å². The fourth-order valence-electron chi connectivity index (χ4n) is 2.02. The van der Waals surface area contributed by atoms with E-state index >= 15 is 0 Å². The number of alkyl halides is 5. The Morgan fingerprint density at radius 1 is 1.07 bits per heavy atom. The largest absolute Gasteiger partial charge is 0.456 e. The van der Waals surface area contributed by atoms with E-state index in [4.69, 9.17) is 85.9 Å². The molecular formula is C17H13Cl7N2O3. The molecule has 0 bridgehead atoms. The molecule has 0 aliphatic carbocycles. The van der Waals surface area contributed by atoms with E-state index in [1.54, 1.807) is 30.3 Å². The molecule has 0 spiro atoms. The fraction of sp³-hybridized carbons (Fsp3) is 0.235. The highest BCUT2D eigenvalue weighted by Gasteiger charge is 2.53. The molecule has 0 radical (unpaired) electrons. The Hall–Kier alpha value is -0.500. The number of carbonyl (C=O) groups excluding carboxylic acids is 1. The normalized spacial score (nSPS) is 13.0. The maximum atomic E-state index is 12.4. The number of amides is 2. The number of hydrogen-bond donors (Lipinski definition) is 2. The molecule has 158 valence electrons. The molecule has 2 rings (SSSR count). The van der Waals surface area contributed by atoms with Gasteiger partial charge in [0.2, 0.25) is 8.13 Å². The molecule has 0 fully saturated rings. The number of halogens is 7. The second-order valence-electron chi connectivity index (χ2n) is 5.71. The number of para-hydroxylation sites is 1. The average molecular weight is 541 g/mol. The highest BCUT2D eigenvalue weighted by molar-refractivity contribution is 6.75. The van der Waals surface area contributed by atoms with Gasteiger partial charge in [-0.1, -0.05) is 93.3 Å². The van der Waals surface area contributed by atoms with Crippen molar-refractivity contribution in [2.75, 3.05) is 12.4 Å². The predicted molar refractivity (Wildman–Crippen MR) is 120 cm³/mol. The summed E-state index contributed by atoms with van der Waals surface area (Å²) >= 11 is 41.0.